The number of methoxy groups -OCH3 is 1. The molecule has 0 saturated carbocycles. The number of ether oxygens (including phenoxy) is 1. The van der Waals surface area contributed by atoms with Crippen molar-refractivity contribution < 1.29 is 9.13 Å². The predicted octanol–water partition coefficient (Wildman–Crippen LogP) is 4.29. The fraction of sp³-hybridized carbons (Fsp3) is 0.0526. The molecule has 0 bridgehead atoms. The molecule has 124 valence electrons. The molecule has 0 amide bonds. The molecule has 0 fully saturated rings. The molecule has 0 aliphatic carbocycles. The first-order valence-electron chi connectivity index (χ1n) is 7.74. The molecule has 25 heavy (non-hydrogen) atoms. The van der Waals surface area contributed by atoms with E-state index < -0.39 is 0 Å². The first-order valence-corrected chi connectivity index (χ1v) is 7.74. The summed E-state index contributed by atoms with van der Waals surface area (Å²) in [6.45, 7) is 0. The number of hydrogen-bond donors (Lipinski definition) is 1. The van der Waals surface area contributed by atoms with Gasteiger partial charge in [0.05, 0.1) is 13.3 Å². The van der Waals surface area contributed by atoms with E-state index in [0.717, 1.165) is 28.4 Å². The van der Waals surface area contributed by atoms with Gasteiger partial charge in [-0.1, -0.05) is 18.2 Å². The highest BCUT2D eigenvalue weighted by Crippen LogP contribution is 2.27. The molecular weight excluding hydrogens is 319 g/mol. The highest BCUT2D eigenvalue weighted by Gasteiger charge is 2.11. The van der Waals surface area contributed by atoms with Gasteiger partial charge in [-0.25, -0.2) is 9.37 Å². The molecule has 0 aliphatic heterocycles. The number of nitrogens with one attached hydrogen (secondary N) is 1. The van der Waals surface area contributed by atoms with E-state index in [2.05, 4.69) is 15.4 Å². The van der Waals surface area contributed by atoms with Crippen LogP contribution in [-0.4, -0.2) is 21.7 Å². The Kier molecular flexibility index (Phi) is 3.78. The Morgan fingerprint density at radius 3 is 2.72 bits per heavy atom. The third kappa shape index (κ3) is 2.89. The zero-order valence-electron chi connectivity index (χ0n) is 13.5. The van der Waals surface area contributed by atoms with Crippen molar-refractivity contribution >= 4 is 17.2 Å². The number of fused-ring (bicyclic) bond motifs is 1. The second-order valence-electron chi connectivity index (χ2n) is 5.49. The van der Waals surface area contributed by atoms with Gasteiger partial charge < -0.3 is 10.1 Å². The van der Waals surface area contributed by atoms with Crippen LogP contribution in [0.5, 0.6) is 5.75 Å². The molecule has 0 saturated heterocycles. The summed E-state index contributed by atoms with van der Waals surface area (Å²) in [5, 5.41) is 7.74. The lowest BCUT2D eigenvalue weighted by Crippen LogP contribution is -2.00. The van der Waals surface area contributed by atoms with E-state index in [1.54, 1.807) is 36.2 Å². The third-order valence-corrected chi connectivity index (χ3v) is 3.90. The molecule has 0 spiro atoms. The Hall–Kier alpha value is -3.41. The Morgan fingerprint density at radius 2 is 1.92 bits per heavy atom. The van der Waals surface area contributed by atoms with Crippen LogP contribution in [0, 0.1) is 5.82 Å². The molecule has 2 aromatic heterocycles. The summed E-state index contributed by atoms with van der Waals surface area (Å²) < 4.78 is 20.1. The number of nitrogens with zero attached hydrogens (tertiary/aromatic N) is 3. The van der Waals surface area contributed by atoms with Crippen molar-refractivity contribution in [3.63, 3.8) is 0 Å². The van der Waals surface area contributed by atoms with Gasteiger partial charge in [0.2, 0.25) is 0 Å². The lowest BCUT2D eigenvalue weighted by atomic mass is 10.1. The molecule has 0 radical (unpaired) electrons. The van der Waals surface area contributed by atoms with Crippen LogP contribution in [0.2, 0.25) is 0 Å². The maximum absolute atomic E-state index is 13.2. The van der Waals surface area contributed by atoms with Crippen LogP contribution in [0.25, 0.3) is 16.8 Å². The number of rotatable bonds is 4. The van der Waals surface area contributed by atoms with Crippen LogP contribution in [0.15, 0.2) is 67.0 Å². The van der Waals surface area contributed by atoms with Gasteiger partial charge in [0, 0.05) is 23.5 Å². The maximum Gasteiger partial charge on any atom is 0.165 e. The molecule has 4 aromatic rings. The van der Waals surface area contributed by atoms with Crippen molar-refractivity contribution in [1.29, 1.82) is 0 Å². The van der Waals surface area contributed by atoms with Crippen molar-refractivity contribution in [1.82, 2.24) is 14.6 Å². The van der Waals surface area contributed by atoms with Gasteiger partial charge in [0.25, 0.3) is 0 Å². The monoisotopic (exact) mass is 334 g/mol. The Morgan fingerprint density at radius 1 is 1.08 bits per heavy atom. The van der Waals surface area contributed by atoms with Gasteiger partial charge in [-0.05, 0) is 35.9 Å². The van der Waals surface area contributed by atoms with Gasteiger partial charge in [-0.3, -0.25) is 0 Å². The van der Waals surface area contributed by atoms with Gasteiger partial charge >= 0.3 is 0 Å². The Labute approximate surface area is 143 Å². The van der Waals surface area contributed by atoms with Crippen molar-refractivity contribution in [2.75, 3.05) is 12.4 Å². The molecule has 0 unspecified atom stereocenters. The smallest absolute Gasteiger partial charge is 0.165 e. The second kappa shape index (κ2) is 6.24. The average molecular weight is 334 g/mol. The first-order chi connectivity index (χ1) is 12.2. The predicted molar refractivity (Wildman–Crippen MR) is 94.7 cm³/mol. The molecule has 2 heterocycles. The number of benzene rings is 2. The minimum atomic E-state index is -0.270. The zero-order valence-corrected chi connectivity index (χ0v) is 13.5. The quantitative estimate of drug-likeness (QED) is 0.605. The van der Waals surface area contributed by atoms with Crippen LogP contribution >= 0.6 is 0 Å². The molecule has 0 aliphatic rings. The minimum Gasteiger partial charge on any atom is -0.497 e. The van der Waals surface area contributed by atoms with E-state index >= 15 is 0 Å². The van der Waals surface area contributed by atoms with Gasteiger partial charge in [-0.2, -0.15) is 9.61 Å². The van der Waals surface area contributed by atoms with E-state index in [0.29, 0.717) is 5.65 Å². The van der Waals surface area contributed by atoms with E-state index in [-0.39, 0.29) is 5.82 Å². The summed E-state index contributed by atoms with van der Waals surface area (Å²) in [6, 6.07) is 15.8. The summed E-state index contributed by atoms with van der Waals surface area (Å²) in [5.41, 5.74) is 3.28. The summed E-state index contributed by atoms with van der Waals surface area (Å²) in [7, 11) is 1.63. The fourth-order valence-electron chi connectivity index (χ4n) is 2.67. The summed E-state index contributed by atoms with van der Waals surface area (Å²) in [4.78, 5) is 4.42. The topological polar surface area (TPSA) is 51.5 Å². The van der Waals surface area contributed by atoms with E-state index in [9.17, 15) is 4.39 Å². The third-order valence-electron chi connectivity index (χ3n) is 3.90. The normalized spacial score (nSPS) is 10.8. The van der Waals surface area contributed by atoms with Crippen molar-refractivity contribution in [2.24, 2.45) is 0 Å². The van der Waals surface area contributed by atoms with Crippen LogP contribution < -0.4 is 10.1 Å². The lowest BCUT2D eigenvalue weighted by Gasteiger charge is -2.09. The van der Waals surface area contributed by atoms with Gasteiger partial charge in [0.15, 0.2) is 5.65 Å². The van der Waals surface area contributed by atoms with Crippen LogP contribution in [0.4, 0.5) is 15.9 Å². The van der Waals surface area contributed by atoms with Crippen LogP contribution in [-0.2, 0) is 0 Å². The summed E-state index contributed by atoms with van der Waals surface area (Å²) in [6.07, 6.45) is 3.44. The highest BCUT2D eigenvalue weighted by molar-refractivity contribution is 5.78. The van der Waals surface area contributed by atoms with E-state index in [1.807, 2.05) is 30.3 Å². The molecule has 5 nitrogen and oxygen atoms in total. The SMILES string of the molecule is COc1cccc(Nc2ccnc3c(-c4ccc(F)cc4)cnn23)c1. The number of aromatic nitrogens is 3. The number of hydrogen-bond acceptors (Lipinski definition) is 4. The standard InChI is InChI=1S/C19H15FN4O/c1-25-16-4-2-3-15(11-16)23-18-9-10-21-19-17(12-22-24(18)19)13-5-7-14(20)8-6-13/h2-12,23H,1H3. The second-order valence-corrected chi connectivity index (χ2v) is 5.49. The minimum absolute atomic E-state index is 0.270. The van der Waals surface area contributed by atoms with Crippen molar-refractivity contribution in [2.45, 2.75) is 0 Å². The Balaban J connectivity index is 1.75. The number of halogens is 1. The average Bonchev–Trinajstić information content (AvgIpc) is 3.08. The van der Waals surface area contributed by atoms with Crippen molar-refractivity contribution in [3.8, 4) is 16.9 Å². The van der Waals surface area contributed by atoms with Crippen molar-refractivity contribution in [3.05, 3.63) is 72.8 Å². The summed E-state index contributed by atoms with van der Waals surface area (Å²) in [5.74, 6) is 1.27. The van der Waals surface area contributed by atoms with E-state index in [1.165, 1.54) is 12.1 Å². The molecule has 4 rings (SSSR count). The van der Waals surface area contributed by atoms with Crippen LogP contribution in [0.3, 0.4) is 0 Å². The molecule has 0 atom stereocenters. The Bertz CT molecular complexity index is 1030. The summed E-state index contributed by atoms with van der Waals surface area (Å²) >= 11 is 0. The first kappa shape index (κ1) is 15.1. The highest BCUT2D eigenvalue weighted by atomic mass is 19.1. The fourth-order valence-corrected chi connectivity index (χ4v) is 2.67. The maximum atomic E-state index is 13.2. The lowest BCUT2D eigenvalue weighted by molar-refractivity contribution is 0.415. The van der Waals surface area contributed by atoms with Gasteiger partial charge in [0.1, 0.15) is 17.4 Å². The number of anilines is 2. The van der Waals surface area contributed by atoms with E-state index in [4.69, 9.17) is 4.74 Å². The molecule has 6 heteroatoms. The van der Waals surface area contributed by atoms with Crippen LogP contribution in [0.1, 0.15) is 0 Å². The van der Waals surface area contributed by atoms with Gasteiger partial charge in [-0.15, -0.1) is 0 Å². The molecular formula is C19H15FN4O. The molecule has 1 N–H and O–H groups in total. The zero-order chi connectivity index (χ0) is 17.2. The molecule has 2 aromatic carbocycles. The largest absolute Gasteiger partial charge is 0.497 e.